The zero-order valence-electron chi connectivity index (χ0n) is 17.9. The van der Waals surface area contributed by atoms with E-state index in [2.05, 4.69) is 9.62 Å². The topological polar surface area (TPSA) is 52.6 Å². The van der Waals surface area contributed by atoms with Gasteiger partial charge in [-0.15, -0.1) is 0 Å². The van der Waals surface area contributed by atoms with Crippen LogP contribution in [0.4, 0.5) is 5.69 Å². The van der Waals surface area contributed by atoms with Crippen LogP contribution in [-0.2, 0) is 4.79 Å². The van der Waals surface area contributed by atoms with Crippen LogP contribution in [0.25, 0.3) is 5.76 Å². The van der Waals surface area contributed by atoms with Gasteiger partial charge >= 0.3 is 0 Å². The zero-order chi connectivity index (χ0) is 21.9. The third kappa shape index (κ3) is 3.41. The van der Waals surface area contributed by atoms with Gasteiger partial charge in [0.2, 0.25) is 5.91 Å². The first kappa shape index (κ1) is 20.5. The number of nitrogens with one attached hydrogen (secondary N) is 1. The quantitative estimate of drug-likeness (QED) is 0.489. The molecule has 4 nitrogen and oxygen atoms in total. The number of amides is 1. The predicted octanol–water partition coefficient (Wildman–Crippen LogP) is 6.74. The van der Waals surface area contributed by atoms with Crippen molar-refractivity contribution in [1.82, 2.24) is 4.31 Å². The summed E-state index contributed by atoms with van der Waals surface area (Å²) in [6, 6.07) is 15.3. The number of carbonyl (C=O) groups is 1. The largest absolute Gasteiger partial charge is 0.505 e. The molecule has 4 bridgehead atoms. The van der Waals surface area contributed by atoms with Crippen LogP contribution in [0.5, 0.6) is 0 Å². The molecule has 0 unspecified atom stereocenters. The number of hydrogen-bond donors (Lipinski definition) is 2. The van der Waals surface area contributed by atoms with E-state index in [1.54, 1.807) is 18.0 Å². The van der Waals surface area contributed by atoms with Gasteiger partial charge in [-0.3, -0.25) is 4.79 Å². The summed E-state index contributed by atoms with van der Waals surface area (Å²) in [6.45, 7) is 0.172. The number of rotatable bonds is 4. The minimum Gasteiger partial charge on any atom is -0.505 e. The predicted molar refractivity (Wildman–Crippen MR) is 129 cm³/mol. The van der Waals surface area contributed by atoms with Gasteiger partial charge in [0.05, 0.1) is 16.4 Å². The third-order valence-electron chi connectivity index (χ3n) is 7.80. The Kier molecular flexibility index (Phi) is 4.96. The number of anilines is 1. The van der Waals surface area contributed by atoms with Crippen molar-refractivity contribution in [2.45, 2.75) is 43.4 Å². The van der Waals surface area contributed by atoms with Gasteiger partial charge in [-0.1, -0.05) is 35.9 Å². The van der Waals surface area contributed by atoms with Crippen LogP contribution in [0.15, 0.2) is 59.1 Å². The highest BCUT2D eigenvalue weighted by atomic mass is 35.5. The molecule has 6 heteroatoms. The zero-order valence-corrected chi connectivity index (χ0v) is 19.5. The second kappa shape index (κ2) is 7.74. The van der Waals surface area contributed by atoms with E-state index in [1.807, 2.05) is 42.5 Å². The summed E-state index contributed by atoms with van der Waals surface area (Å²) in [7, 11) is 0. The highest BCUT2D eigenvalue weighted by Gasteiger charge is 2.55. The molecule has 2 aromatic carbocycles. The van der Waals surface area contributed by atoms with Gasteiger partial charge in [0.15, 0.2) is 0 Å². The number of allylic oxidation sites excluding steroid dienone is 1. The Morgan fingerprint density at radius 3 is 2.34 bits per heavy atom. The molecule has 0 saturated heterocycles. The molecule has 1 aliphatic heterocycles. The number of fused-ring (bicyclic) bond motifs is 1. The average molecular weight is 467 g/mol. The molecule has 1 amide bonds. The second-order valence-electron chi connectivity index (χ2n) is 10.0. The van der Waals surface area contributed by atoms with E-state index in [-0.39, 0.29) is 17.9 Å². The highest BCUT2D eigenvalue weighted by Crippen LogP contribution is 2.65. The Hall–Kier alpha value is -2.11. The van der Waals surface area contributed by atoms with E-state index in [1.165, 1.54) is 19.3 Å². The number of carbonyl (C=O) groups excluding carboxylic acids is 1. The SMILES string of the molecule is O=C(CN1Sc2ccccc2C(O)=C1C12CC3CC(CC(C3)C1)C2)Nc1ccccc1Cl. The highest BCUT2D eigenvalue weighted by molar-refractivity contribution is 7.97. The fourth-order valence-electron chi connectivity index (χ4n) is 7.06. The first-order chi connectivity index (χ1) is 15.5. The molecule has 7 rings (SSSR count). The molecule has 4 aliphatic carbocycles. The molecular formula is C26H27ClN2O2S. The summed E-state index contributed by atoms with van der Waals surface area (Å²) < 4.78 is 2.07. The molecule has 2 aromatic rings. The first-order valence-corrected chi connectivity index (χ1v) is 12.7. The maximum absolute atomic E-state index is 13.1. The van der Waals surface area contributed by atoms with Crippen LogP contribution in [0.1, 0.15) is 44.1 Å². The van der Waals surface area contributed by atoms with Crippen molar-refractivity contribution >= 4 is 40.9 Å². The molecule has 4 saturated carbocycles. The fourth-order valence-corrected chi connectivity index (χ4v) is 8.44. The van der Waals surface area contributed by atoms with Crippen molar-refractivity contribution in [2.24, 2.45) is 23.2 Å². The van der Waals surface area contributed by atoms with Gasteiger partial charge in [-0.05, 0) is 92.5 Å². The van der Waals surface area contributed by atoms with Crippen LogP contribution in [0.2, 0.25) is 5.02 Å². The van der Waals surface area contributed by atoms with Crippen LogP contribution in [0.3, 0.4) is 0 Å². The monoisotopic (exact) mass is 466 g/mol. The average Bonchev–Trinajstić information content (AvgIpc) is 2.74. The Bertz CT molecular complexity index is 1080. The number of aliphatic hydroxyl groups excluding tert-OH is 1. The van der Waals surface area contributed by atoms with Gasteiger partial charge in [0, 0.05) is 15.9 Å². The molecule has 0 aromatic heterocycles. The Labute approximate surface area is 198 Å². The maximum atomic E-state index is 13.1. The van der Waals surface area contributed by atoms with Crippen molar-refractivity contribution in [3.8, 4) is 0 Å². The number of hydrogen-bond acceptors (Lipinski definition) is 4. The van der Waals surface area contributed by atoms with Crippen molar-refractivity contribution in [2.75, 3.05) is 11.9 Å². The third-order valence-corrected chi connectivity index (χ3v) is 9.21. The van der Waals surface area contributed by atoms with E-state index in [4.69, 9.17) is 11.6 Å². The minimum atomic E-state index is -0.125. The van der Waals surface area contributed by atoms with E-state index in [0.717, 1.165) is 53.2 Å². The molecule has 0 radical (unpaired) electrons. The molecule has 0 atom stereocenters. The number of nitrogens with zero attached hydrogens (tertiary/aromatic N) is 1. The summed E-state index contributed by atoms with van der Waals surface area (Å²) in [6.07, 6.45) is 7.40. The summed E-state index contributed by atoms with van der Waals surface area (Å²) in [5, 5.41) is 15.1. The summed E-state index contributed by atoms with van der Waals surface area (Å²) >= 11 is 7.84. The van der Waals surface area contributed by atoms with Crippen molar-refractivity contribution < 1.29 is 9.90 Å². The van der Waals surface area contributed by atoms with Gasteiger partial charge in [-0.2, -0.15) is 0 Å². The summed E-state index contributed by atoms with van der Waals surface area (Å²) in [4.78, 5) is 14.1. The standard InChI is InChI=1S/C26H27ClN2O2S/c27-20-6-2-3-7-21(20)28-23(30)15-29-25(24(31)19-5-1-4-8-22(19)32-29)26-12-16-9-17(13-26)11-18(10-16)14-26/h1-8,16-18,31H,9-15H2,(H,28,30). The minimum absolute atomic E-state index is 0.0238. The van der Waals surface area contributed by atoms with Crippen molar-refractivity contribution in [3.05, 3.63) is 64.8 Å². The summed E-state index contributed by atoms with van der Waals surface area (Å²) in [5.74, 6) is 2.50. The number of aliphatic hydroxyl groups is 1. The smallest absolute Gasteiger partial charge is 0.245 e. The van der Waals surface area contributed by atoms with Crippen LogP contribution in [-0.4, -0.2) is 21.9 Å². The molecule has 5 aliphatic rings. The molecule has 0 spiro atoms. The Morgan fingerprint density at radius 1 is 1.03 bits per heavy atom. The maximum Gasteiger partial charge on any atom is 0.245 e. The molecule has 166 valence electrons. The van der Waals surface area contributed by atoms with Gasteiger partial charge in [-0.25, -0.2) is 0 Å². The second-order valence-corrected chi connectivity index (χ2v) is 11.5. The van der Waals surface area contributed by atoms with E-state index in [0.29, 0.717) is 16.5 Å². The number of halogens is 1. The van der Waals surface area contributed by atoms with Crippen LogP contribution < -0.4 is 5.32 Å². The fraction of sp³-hybridized carbons (Fsp3) is 0.423. The van der Waals surface area contributed by atoms with E-state index >= 15 is 0 Å². The molecule has 4 fully saturated rings. The molecule has 2 N–H and O–H groups in total. The Balaban J connectivity index is 1.36. The normalized spacial score (nSPS) is 30.4. The lowest BCUT2D eigenvalue weighted by atomic mass is 9.48. The van der Waals surface area contributed by atoms with E-state index < -0.39 is 0 Å². The van der Waals surface area contributed by atoms with Crippen LogP contribution in [0, 0.1) is 23.2 Å². The first-order valence-electron chi connectivity index (χ1n) is 11.5. The van der Waals surface area contributed by atoms with Crippen LogP contribution >= 0.6 is 23.5 Å². The molecular weight excluding hydrogens is 440 g/mol. The number of benzene rings is 2. The lowest BCUT2D eigenvalue weighted by Gasteiger charge is -2.59. The number of para-hydroxylation sites is 1. The summed E-state index contributed by atoms with van der Waals surface area (Å²) in [5.41, 5.74) is 2.47. The Morgan fingerprint density at radius 2 is 1.66 bits per heavy atom. The van der Waals surface area contributed by atoms with Gasteiger partial charge in [0.25, 0.3) is 0 Å². The lowest BCUT2D eigenvalue weighted by Crippen LogP contribution is -2.50. The molecule has 1 heterocycles. The van der Waals surface area contributed by atoms with Crippen molar-refractivity contribution in [3.63, 3.8) is 0 Å². The van der Waals surface area contributed by atoms with Gasteiger partial charge in [0.1, 0.15) is 12.3 Å². The van der Waals surface area contributed by atoms with Gasteiger partial charge < -0.3 is 14.7 Å². The van der Waals surface area contributed by atoms with Crippen molar-refractivity contribution in [1.29, 1.82) is 0 Å². The molecule has 32 heavy (non-hydrogen) atoms. The van der Waals surface area contributed by atoms with E-state index in [9.17, 15) is 9.90 Å². The lowest BCUT2D eigenvalue weighted by molar-refractivity contribution is -0.116.